The summed E-state index contributed by atoms with van der Waals surface area (Å²) in [5.41, 5.74) is 0.591. The Labute approximate surface area is 185 Å². The van der Waals surface area contributed by atoms with Crippen LogP contribution >= 0.6 is 11.6 Å². The lowest BCUT2D eigenvalue weighted by Crippen LogP contribution is -2.33. The largest absolute Gasteiger partial charge is 0.416 e. The molecule has 2 unspecified atom stereocenters. The first kappa shape index (κ1) is 22.9. The van der Waals surface area contributed by atoms with Gasteiger partial charge in [-0.1, -0.05) is 17.7 Å². The van der Waals surface area contributed by atoms with E-state index >= 15 is 0 Å². The fourth-order valence-electron chi connectivity index (χ4n) is 3.50. The summed E-state index contributed by atoms with van der Waals surface area (Å²) in [5, 5.41) is 11.9. The number of aromatic nitrogens is 1. The van der Waals surface area contributed by atoms with Gasteiger partial charge in [-0.05, 0) is 42.3 Å². The average Bonchev–Trinajstić information content (AvgIpc) is 3.52. The fourth-order valence-corrected chi connectivity index (χ4v) is 3.79. The van der Waals surface area contributed by atoms with Crippen LogP contribution in [0.2, 0.25) is 5.02 Å². The van der Waals surface area contributed by atoms with Gasteiger partial charge in [0.1, 0.15) is 6.61 Å². The van der Waals surface area contributed by atoms with Gasteiger partial charge in [0.15, 0.2) is 12.5 Å². The highest BCUT2D eigenvalue weighted by atomic mass is 35.5. The van der Waals surface area contributed by atoms with Crippen molar-refractivity contribution in [1.29, 1.82) is 0 Å². The molecule has 3 heterocycles. The molecule has 0 aliphatic carbocycles. The molecule has 32 heavy (non-hydrogen) atoms. The van der Waals surface area contributed by atoms with Gasteiger partial charge in [0.25, 0.3) is 5.92 Å². The Kier molecular flexibility index (Phi) is 6.15. The standard InChI is InChI=1S/C21H19ClF5N3O2/c22-16-9-14(20(23,24)11-31)10-28-17(16)12-5-7-30(8-6-12)19-18(32-19)29-15-3-1-13(2-4-15)21(25,26)27/h1-5,9-10,18-19,29,31H,6-8,11H2. The number of ether oxygens (including phenoxy) is 1. The molecule has 1 saturated heterocycles. The maximum absolute atomic E-state index is 13.6. The van der Waals surface area contributed by atoms with E-state index in [1.807, 2.05) is 11.0 Å². The van der Waals surface area contributed by atoms with Crippen molar-refractivity contribution in [2.75, 3.05) is 25.0 Å². The lowest BCUT2D eigenvalue weighted by atomic mass is 10.0. The van der Waals surface area contributed by atoms with Crippen LogP contribution in [0.5, 0.6) is 0 Å². The highest BCUT2D eigenvalue weighted by Crippen LogP contribution is 2.36. The van der Waals surface area contributed by atoms with Gasteiger partial charge in [0.2, 0.25) is 0 Å². The van der Waals surface area contributed by atoms with E-state index in [1.54, 1.807) is 0 Å². The third kappa shape index (κ3) is 4.88. The predicted octanol–water partition coefficient (Wildman–Crippen LogP) is 4.72. The molecule has 11 heteroatoms. The van der Waals surface area contributed by atoms with Crippen molar-refractivity contribution < 1.29 is 31.8 Å². The van der Waals surface area contributed by atoms with Crippen LogP contribution in [0.4, 0.5) is 27.6 Å². The van der Waals surface area contributed by atoms with Crippen molar-refractivity contribution in [2.45, 2.75) is 31.0 Å². The summed E-state index contributed by atoms with van der Waals surface area (Å²) in [7, 11) is 0. The zero-order chi connectivity index (χ0) is 23.1. The number of nitrogens with zero attached hydrogens (tertiary/aromatic N) is 2. The van der Waals surface area contributed by atoms with E-state index in [2.05, 4.69) is 10.3 Å². The number of rotatable bonds is 6. The SMILES string of the molecule is OCC(F)(F)c1cnc(C2=CCN(C3OC3Nc3ccc(C(F)(F)F)cc3)CC2)c(Cl)c1. The molecule has 0 amide bonds. The van der Waals surface area contributed by atoms with E-state index in [9.17, 15) is 22.0 Å². The number of anilines is 1. The number of nitrogens with one attached hydrogen (secondary N) is 1. The van der Waals surface area contributed by atoms with Crippen molar-refractivity contribution >= 4 is 22.9 Å². The minimum absolute atomic E-state index is 0.0832. The summed E-state index contributed by atoms with van der Waals surface area (Å²) in [4.78, 5) is 6.10. The Hall–Kier alpha value is -2.27. The predicted molar refractivity (Wildman–Crippen MR) is 108 cm³/mol. The van der Waals surface area contributed by atoms with E-state index < -0.39 is 29.8 Å². The fraction of sp³-hybridized carbons (Fsp3) is 0.381. The van der Waals surface area contributed by atoms with E-state index in [-0.39, 0.29) is 17.5 Å². The third-order valence-electron chi connectivity index (χ3n) is 5.36. The van der Waals surface area contributed by atoms with Crippen LogP contribution < -0.4 is 5.32 Å². The van der Waals surface area contributed by atoms with E-state index in [0.29, 0.717) is 30.9 Å². The van der Waals surface area contributed by atoms with Crippen LogP contribution in [0.15, 0.2) is 42.6 Å². The van der Waals surface area contributed by atoms with E-state index in [1.165, 1.54) is 12.1 Å². The smallest absolute Gasteiger partial charge is 0.390 e. The monoisotopic (exact) mass is 475 g/mol. The molecule has 5 nitrogen and oxygen atoms in total. The van der Waals surface area contributed by atoms with Crippen molar-refractivity contribution in [1.82, 2.24) is 9.88 Å². The summed E-state index contributed by atoms with van der Waals surface area (Å²) >= 11 is 6.15. The molecule has 2 atom stereocenters. The summed E-state index contributed by atoms with van der Waals surface area (Å²) in [6.07, 6.45) is -1.49. The van der Waals surface area contributed by atoms with Crippen LogP contribution in [0.25, 0.3) is 5.57 Å². The van der Waals surface area contributed by atoms with Crippen LogP contribution in [-0.4, -0.2) is 47.1 Å². The van der Waals surface area contributed by atoms with Crippen molar-refractivity contribution in [3.8, 4) is 0 Å². The van der Waals surface area contributed by atoms with Gasteiger partial charge in [-0.3, -0.25) is 9.88 Å². The van der Waals surface area contributed by atoms with E-state index in [4.69, 9.17) is 21.4 Å². The molecule has 2 N–H and O–H groups in total. The van der Waals surface area contributed by atoms with Crippen LogP contribution in [-0.2, 0) is 16.8 Å². The molecule has 2 aliphatic rings. The number of hydrogen-bond acceptors (Lipinski definition) is 5. The van der Waals surface area contributed by atoms with E-state index in [0.717, 1.165) is 30.0 Å². The molecule has 4 rings (SSSR count). The van der Waals surface area contributed by atoms with Gasteiger partial charge >= 0.3 is 6.18 Å². The molecule has 0 radical (unpaired) electrons. The minimum atomic E-state index is -4.38. The highest BCUT2D eigenvalue weighted by molar-refractivity contribution is 6.32. The number of alkyl halides is 5. The number of pyridine rings is 1. The Morgan fingerprint density at radius 3 is 2.44 bits per heavy atom. The summed E-state index contributed by atoms with van der Waals surface area (Å²) < 4.78 is 70.8. The Morgan fingerprint density at radius 2 is 1.88 bits per heavy atom. The molecule has 1 aromatic carbocycles. The van der Waals surface area contributed by atoms with Crippen LogP contribution in [0.3, 0.4) is 0 Å². The summed E-state index contributed by atoms with van der Waals surface area (Å²) in [5.74, 6) is -3.41. The number of epoxide rings is 1. The Balaban J connectivity index is 1.35. The minimum Gasteiger partial charge on any atom is -0.390 e. The van der Waals surface area contributed by atoms with Gasteiger partial charge in [0.05, 0.1) is 16.3 Å². The second-order valence-corrected chi connectivity index (χ2v) is 7.97. The molecular weight excluding hydrogens is 457 g/mol. The Morgan fingerprint density at radius 1 is 1.16 bits per heavy atom. The maximum Gasteiger partial charge on any atom is 0.416 e. The maximum atomic E-state index is 13.6. The third-order valence-corrected chi connectivity index (χ3v) is 5.64. The first-order valence-corrected chi connectivity index (χ1v) is 10.1. The highest BCUT2D eigenvalue weighted by Gasteiger charge is 2.44. The lowest BCUT2D eigenvalue weighted by Gasteiger charge is -2.25. The lowest BCUT2D eigenvalue weighted by molar-refractivity contribution is -0.137. The van der Waals surface area contributed by atoms with Crippen molar-refractivity contribution in [3.63, 3.8) is 0 Å². The van der Waals surface area contributed by atoms with Gasteiger partial charge in [-0.2, -0.15) is 22.0 Å². The second kappa shape index (κ2) is 8.58. The molecule has 2 aliphatic heterocycles. The topological polar surface area (TPSA) is 60.9 Å². The quantitative estimate of drug-likeness (QED) is 0.467. The molecular formula is C21H19ClF5N3O2. The molecule has 0 spiro atoms. The summed E-state index contributed by atoms with van der Waals surface area (Å²) in [6, 6.07) is 5.84. The zero-order valence-corrected chi connectivity index (χ0v) is 17.3. The van der Waals surface area contributed by atoms with Crippen LogP contribution in [0, 0.1) is 0 Å². The molecule has 1 fully saturated rings. The van der Waals surface area contributed by atoms with Crippen LogP contribution in [0.1, 0.15) is 23.2 Å². The molecule has 0 bridgehead atoms. The number of aliphatic hydroxyl groups excluding tert-OH is 1. The molecule has 2 aromatic rings. The Bertz CT molecular complexity index is 1010. The van der Waals surface area contributed by atoms with Crippen molar-refractivity contribution in [3.05, 3.63) is 64.4 Å². The molecule has 172 valence electrons. The number of aliphatic hydroxyl groups is 1. The van der Waals surface area contributed by atoms with Crippen molar-refractivity contribution in [2.24, 2.45) is 0 Å². The van der Waals surface area contributed by atoms with Gasteiger partial charge in [0, 0.05) is 30.5 Å². The van der Waals surface area contributed by atoms with Gasteiger partial charge in [-0.25, -0.2) is 0 Å². The molecule has 0 saturated carbocycles. The first-order valence-electron chi connectivity index (χ1n) is 9.76. The van der Waals surface area contributed by atoms with Gasteiger partial charge < -0.3 is 15.2 Å². The molecule has 1 aromatic heterocycles. The number of hydrogen-bond donors (Lipinski definition) is 2. The number of halogens is 6. The zero-order valence-electron chi connectivity index (χ0n) is 16.5. The normalized spacial score (nSPS) is 21.9. The average molecular weight is 476 g/mol. The second-order valence-electron chi connectivity index (χ2n) is 7.56. The summed E-state index contributed by atoms with van der Waals surface area (Å²) in [6.45, 7) is -0.211. The van der Waals surface area contributed by atoms with Gasteiger partial charge in [-0.15, -0.1) is 0 Å². The first-order chi connectivity index (χ1) is 15.1. The number of benzene rings is 1.